The third kappa shape index (κ3) is 8.60. The van der Waals surface area contributed by atoms with Crippen LogP contribution < -0.4 is 30.2 Å². The molecule has 0 aromatic heterocycles. The first-order valence-corrected chi connectivity index (χ1v) is 16.5. The molecule has 0 aliphatic rings. The Morgan fingerprint density at radius 1 is 0.735 bits per heavy atom. The summed E-state index contributed by atoms with van der Waals surface area (Å²) in [5.74, 6) is 0.126. The van der Waals surface area contributed by atoms with Crippen molar-refractivity contribution < 1.29 is 28.6 Å². The normalized spacial score (nSPS) is 11.7. The molecule has 3 amide bonds. The Hall–Kier alpha value is -5.74. The van der Waals surface area contributed by atoms with Gasteiger partial charge >= 0.3 is 0 Å². The highest BCUT2D eigenvalue weighted by Crippen LogP contribution is 2.36. The number of nitrogens with one attached hydrogen (secondary N) is 3. The van der Waals surface area contributed by atoms with E-state index in [1.807, 2.05) is 55.5 Å². The maximum absolute atomic E-state index is 13.8. The highest BCUT2D eigenvalue weighted by atomic mass is 32.2. The van der Waals surface area contributed by atoms with E-state index in [9.17, 15) is 14.4 Å². The highest BCUT2D eigenvalue weighted by molar-refractivity contribution is 8.00. The molecule has 0 bridgehead atoms. The van der Waals surface area contributed by atoms with Gasteiger partial charge < -0.3 is 30.2 Å². The monoisotopic (exact) mass is 675 g/mol. The van der Waals surface area contributed by atoms with Gasteiger partial charge in [0.05, 0.1) is 26.6 Å². The molecule has 0 heterocycles. The third-order valence-electron chi connectivity index (χ3n) is 7.65. The fourth-order valence-corrected chi connectivity index (χ4v) is 6.16. The molecule has 3 N–H and O–H groups in total. The lowest BCUT2D eigenvalue weighted by atomic mass is 10.1. The molecular formula is C39H37N3O6S. The Bertz CT molecular complexity index is 1990. The molecule has 49 heavy (non-hydrogen) atoms. The Morgan fingerprint density at radius 3 is 2.14 bits per heavy atom. The number of ether oxygens (including phenoxy) is 3. The fourth-order valence-electron chi connectivity index (χ4n) is 5.14. The van der Waals surface area contributed by atoms with Crippen LogP contribution in [0.25, 0.3) is 16.8 Å². The lowest BCUT2D eigenvalue weighted by molar-refractivity contribution is -0.116. The summed E-state index contributed by atoms with van der Waals surface area (Å²) in [5, 5.41) is 10.4. The number of rotatable bonds is 13. The zero-order chi connectivity index (χ0) is 34.8. The van der Waals surface area contributed by atoms with Gasteiger partial charge in [-0.25, -0.2) is 0 Å². The molecule has 0 saturated heterocycles. The molecule has 5 aromatic rings. The second kappa shape index (κ2) is 16.4. The molecule has 9 nitrogen and oxygen atoms in total. The summed E-state index contributed by atoms with van der Waals surface area (Å²) in [6, 6.07) is 32.8. The van der Waals surface area contributed by atoms with E-state index in [1.165, 1.54) is 39.2 Å². The number of hydrogen-bond acceptors (Lipinski definition) is 7. The van der Waals surface area contributed by atoms with Gasteiger partial charge in [-0.15, -0.1) is 11.8 Å². The van der Waals surface area contributed by atoms with Crippen molar-refractivity contribution in [2.45, 2.75) is 23.5 Å². The number of hydrogen-bond donors (Lipinski definition) is 3. The van der Waals surface area contributed by atoms with Crippen LogP contribution in [0.2, 0.25) is 0 Å². The zero-order valence-corrected chi connectivity index (χ0v) is 28.4. The molecule has 1 unspecified atom stereocenters. The largest absolute Gasteiger partial charge is 0.496 e. The molecule has 0 fully saturated rings. The van der Waals surface area contributed by atoms with Crippen molar-refractivity contribution in [3.63, 3.8) is 0 Å². The molecular weight excluding hydrogens is 639 g/mol. The second-order valence-corrected chi connectivity index (χ2v) is 12.1. The summed E-state index contributed by atoms with van der Waals surface area (Å²) in [5.41, 5.74) is 2.07. The Morgan fingerprint density at radius 2 is 1.41 bits per heavy atom. The van der Waals surface area contributed by atoms with E-state index in [2.05, 4.69) is 16.0 Å². The molecule has 250 valence electrons. The minimum atomic E-state index is -0.566. The minimum Gasteiger partial charge on any atom is -0.496 e. The number of amides is 3. The van der Waals surface area contributed by atoms with Gasteiger partial charge in [0.15, 0.2) is 11.5 Å². The summed E-state index contributed by atoms with van der Waals surface area (Å²) >= 11 is 1.40. The van der Waals surface area contributed by atoms with Crippen molar-refractivity contribution in [1.82, 2.24) is 5.32 Å². The Kier molecular flexibility index (Phi) is 11.6. The van der Waals surface area contributed by atoms with Gasteiger partial charge in [0, 0.05) is 38.8 Å². The predicted octanol–water partition coefficient (Wildman–Crippen LogP) is 7.78. The number of carbonyl (C=O) groups is 3. The lowest BCUT2D eigenvalue weighted by Gasteiger charge is -2.17. The minimum absolute atomic E-state index is 0.0293. The quantitative estimate of drug-likeness (QED) is 0.0863. The molecule has 5 rings (SSSR count). The number of carbonyl (C=O) groups excluding carboxylic acids is 3. The maximum atomic E-state index is 13.8. The van der Waals surface area contributed by atoms with Crippen molar-refractivity contribution in [3.05, 3.63) is 126 Å². The van der Waals surface area contributed by atoms with E-state index in [0.29, 0.717) is 40.5 Å². The molecule has 0 aliphatic heterocycles. The van der Waals surface area contributed by atoms with E-state index >= 15 is 0 Å². The van der Waals surface area contributed by atoms with Crippen LogP contribution in [-0.2, 0) is 9.59 Å². The smallest absolute Gasteiger partial charge is 0.272 e. The number of benzene rings is 5. The van der Waals surface area contributed by atoms with Crippen LogP contribution in [0.3, 0.4) is 0 Å². The summed E-state index contributed by atoms with van der Waals surface area (Å²) in [4.78, 5) is 41.2. The van der Waals surface area contributed by atoms with Crippen LogP contribution in [0.1, 0.15) is 29.3 Å². The lowest BCUT2D eigenvalue weighted by Crippen LogP contribution is -2.30. The molecule has 0 aliphatic carbocycles. The average Bonchev–Trinajstić information content (AvgIpc) is 3.13. The van der Waals surface area contributed by atoms with Gasteiger partial charge in [0.25, 0.3) is 11.8 Å². The first kappa shape index (κ1) is 34.6. The van der Waals surface area contributed by atoms with Gasteiger partial charge in [-0.1, -0.05) is 67.6 Å². The first-order chi connectivity index (χ1) is 23.8. The summed E-state index contributed by atoms with van der Waals surface area (Å²) in [7, 11) is 4.51. The van der Waals surface area contributed by atoms with Gasteiger partial charge in [-0.2, -0.15) is 0 Å². The topological polar surface area (TPSA) is 115 Å². The van der Waals surface area contributed by atoms with Crippen molar-refractivity contribution in [2.24, 2.45) is 0 Å². The second-order valence-electron chi connectivity index (χ2n) is 10.8. The molecule has 1 atom stereocenters. The van der Waals surface area contributed by atoms with Gasteiger partial charge in [0.1, 0.15) is 11.4 Å². The first-order valence-electron chi connectivity index (χ1n) is 15.6. The van der Waals surface area contributed by atoms with Crippen LogP contribution in [0, 0.1) is 0 Å². The number of fused-ring (bicyclic) bond motifs is 1. The Labute approximate surface area is 289 Å². The van der Waals surface area contributed by atoms with E-state index in [0.717, 1.165) is 21.4 Å². The van der Waals surface area contributed by atoms with Crippen molar-refractivity contribution >= 4 is 57.7 Å². The molecule has 10 heteroatoms. The third-order valence-corrected chi connectivity index (χ3v) is 9.00. The molecule has 0 radical (unpaired) electrons. The summed E-state index contributed by atoms with van der Waals surface area (Å²) in [6.45, 7) is 1.96. The van der Waals surface area contributed by atoms with Crippen LogP contribution in [-0.4, -0.2) is 44.3 Å². The van der Waals surface area contributed by atoms with Crippen LogP contribution in [0.15, 0.2) is 120 Å². The summed E-state index contributed by atoms with van der Waals surface area (Å²) in [6.07, 6.45) is 2.10. The van der Waals surface area contributed by atoms with Crippen LogP contribution in [0.4, 0.5) is 11.4 Å². The van der Waals surface area contributed by atoms with Crippen molar-refractivity contribution in [3.8, 4) is 17.2 Å². The van der Waals surface area contributed by atoms with Crippen molar-refractivity contribution in [2.75, 3.05) is 32.0 Å². The summed E-state index contributed by atoms with van der Waals surface area (Å²) < 4.78 is 16.4. The SMILES string of the molecule is CCC(Sc1cccc(NC(=O)/C(=C\c2cc(OC)c(OC)cc2OC)NC(=O)c2ccccc2)c1)C(=O)Nc1cccc2ccccc12. The van der Waals surface area contributed by atoms with Gasteiger partial charge in [-0.3, -0.25) is 14.4 Å². The van der Waals surface area contributed by atoms with Crippen LogP contribution >= 0.6 is 11.8 Å². The molecule has 0 spiro atoms. The fraction of sp³-hybridized carbons (Fsp3) is 0.154. The van der Waals surface area contributed by atoms with Gasteiger partial charge in [0.2, 0.25) is 5.91 Å². The maximum Gasteiger partial charge on any atom is 0.272 e. The van der Waals surface area contributed by atoms with E-state index < -0.39 is 11.8 Å². The van der Waals surface area contributed by atoms with Crippen LogP contribution in [0.5, 0.6) is 17.2 Å². The van der Waals surface area contributed by atoms with E-state index in [-0.39, 0.29) is 16.9 Å². The Balaban J connectivity index is 1.38. The van der Waals surface area contributed by atoms with Gasteiger partial charge in [-0.05, 0) is 60.3 Å². The highest BCUT2D eigenvalue weighted by Gasteiger charge is 2.21. The van der Waals surface area contributed by atoms with Crippen molar-refractivity contribution in [1.29, 1.82) is 0 Å². The number of anilines is 2. The number of methoxy groups -OCH3 is 3. The predicted molar refractivity (Wildman–Crippen MR) is 196 cm³/mol. The standard InChI is InChI=1S/C39H37N3O6S/c1-5-36(39(45)41-31-20-11-16-25-13-9-10-19-30(25)31)49-29-18-12-17-28(23-29)40-38(44)32(42-37(43)26-14-7-6-8-15-26)21-27-22-34(47-3)35(48-4)24-33(27)46-2/h6-24,36H,5H2,1-4H3,(H,40,44)(H,41,45)(H,42,43)/b32-21+. The number of thioether (sulfide) groups is 1. The van der Waals surface area contributed by atoms with E-state index in [1.54, 1.807) is 60.7 Å². The van der Waals surface area contributed by atoms with E-state index in [4.69, 9.17) is 14.2 Å². The zero-order valence-electron chi connectivity index (χ0n) is 27.6. The average molecular weight is 676 g/mol. The molecule has 0 saturated carbocycles. The molecule has 5 aromatic carbocycles.